The molecule has 1 aromatic rings. The number of nitrogens with one attached hydrogen (secondary N) is 2. The summed E-state index contributed by atoms with van der Waals surface area (Å²) in [5.74, 6) is 1.34. The van der Waals surface area contributed by atoms with Crippen LogP contribution >= 0.6 is 47.2 Å². The predicted octanol–water partition coefficient (Wildman–Crippen LogP) is 3.76. The molecule has 0 bridgehead atoms. The van der Waals surface area contributed by atoms with Gasteiger partial charge < -0.3 is 20.1 Å². The standard InChI is InChI=1S/C18H27Cl2N3O2.HI/c1-21-18(22-8-3-10-24-12-14-7-11-25-13-14)23-9-6-15-16(19)4-2-5-17(15)20;/h2,4-5,14H,3,6-13H2,1H3,(H2,21,22,23);1H. The summed E-state index contributed by atoms with van der Waals surface area (Å²) in [5, 5.41) is 7.95. The van der Waals surface area contributed by atoms with Crippen LogP contribution in [0.1, 0.15) is 18.4 Å². The van der Waals surface area contributed by atoms with Crippen molar-refractivity contribution >= 4 is 53.1 Å². The summed E-state index contributed by atoms with van der Waals surface area (Å²) < 4.78 is 11.0. The number of guanidine groups is 1. The van der Waals surface area contributed by atoms with Gasteiger partial charge in [-0.15, -0.1) is 24.0 Å². The van der Waals surface area contributed by atoms with E-state index in [1.807, 2.05) is 18.2 Å². The van der Waals surface area contributed by atoms with Crippen LogP contribution in [0.2, 0.25) is 10.0 Å². The van der Waals surface area contributed by atoms with Crippen LogP contribution in [-0.4, -0.2) is 52.5 Å². The van der Waals surface area contributed by atoms with Crippen molar-refractivity contribution in [2.75, 3.05) is 46.6 Å². The van der Waals surface area contributed by atoms with Crippen molar-refractivity contribution in [2.45, 2.75) is 19.3 Å². The Balaban J connectivity index is 0.00000338. The molecule has 8 heteroatoms. The first-order valence-electron chi connectivity index (χ1n) is 8.73. The fraction of sp³-hybridized carbons (Fsp3) is 0.611. The van der Waals surface area contributed by atoms with Crippen molar-refractivity contribution in [3.63, 3.8) is 0 Å². The number of benzene rings is 1. The second kappa shape index (κ2) is 13.8. The predicted molar refractivity (Wildman–Crippen MR) is 119 cm³/mol. The van der Waals surface area contributed by atoms with E-state index in [-0.39, 0.29) is 24.0 Å². The maximum atomic E-state index is 6.18. The van der Waals surface area contributed by atoms with Crippen molar-refractivity contribution in [2.24, 2.45) is 10.9 Å². The first-order chi connectivity index (χ1) is 12.2. The molecule has 1 aliphatic rings. The van der Waals surface area contributed by atoms with Crippen molar-refractivity contribution in [1.82, 2.24) is 10.6 Å². The number of nitrogens with zero attached hydrogens (tertiary/aromatic N) is 1. The first-order valence-corrected chi connectivity index (χ1v) is 9.49. The fourth-order valence-corrected chi connectivity index (χ4v) is 3.23. The number of hydrogen-bond donors (Lipinski definition) is 2. The zero-order valence-corrected chi connectivity index (χ0v) is 18.9. The second-order valence-electron chi connectivity index (χ2n) is 6.03. The lowest BCUT2D eigenvalue weighted by Crippen LogP contribution is -2.39. The zero-order chi connectivity index (χ0) is 17.9. The lowest BCUT2D eigenvalue weighted by atomic mass is 10.1. The van der Waals surface area contributed by atoms with Crippen LogP contribution in [0.4, 0.5) is 0 Å². The van der Waals surface area contributed by atoms with Crippen LogP contribution in [0.3, 0.4) is 0 Å². The highest BCUT2D eigenvalue weighted by molar-refractivity contribution is 14.0. The van der Waals surface area contributed by atoms with E-state index in [0.717, 1.165) is 63.8 Å². The monoisotopic (exact) mass is 515 g/mol. The smallest absolute Gasteiger partial charge is 0.190 e. The molecule has 0 radical (unpaired) electrons. The molecule has 1 aliphatic heterocycles. The summed E-state index contributed by atoms with van der Waals surface area (Å²) in [5.41, 5.74) is 0.957. The normalized spacial score (nSPS) is 17.0. The number of halogens is 3. The molecule has 0 spiro atoms. The van der Waals surface area contributed by atoms with E-state index in [0.29, 0.717) is 22.5 Å². The van der Waals surface area contributed by atoms with Crippen LogP contribution in [0.25, 0.3) is 0 Å². The van der Waals surface area contributed by atoms with Gasteiger partial charge in [-0.3, -0.25) is 4.99 Å². The summed E-state index contributed by atoms with van der Waals surface area (Å²) in [4.78, 5) is 4.22. The molecule has 0 aromatic heterocycles. The average Bonchev–Trinajstić information content (AvgIpc) is 3.12. The fourth-order valence-electron chi connectivity index (χ4n) is 2.64. The topological polar surface area (TPSA) is 54.9 Å². The highest BCUT2D eigenvalue weighted by Crippen LogP contribution is 2.24. The molecule has 1 atom stereocenters. The molecule has 1 aromatic carbocycles. The van der Waals surface area contributed by atoms with Gasteiger partial charge in [-0.25, -0.2) is 0 Å². The van der Waals surface area contributed by atoms with E-state index in [2.05, 4.69) is 15.6 Å². The molecule has 2 N–H and O–H groups in total. The van der Waals surface area contributed by atoms with Crippen LogP contribution in [-0.2, 0) is 15.9 Å². The quantitative estimate of drug-likeness (QED) is 0.227. The van der Waals surface area contributed by atoms with E-state index < -0.39 is 0 Å². The maximum absolute atomic E-state index is 6.18. The molecule has 1 heterocycles. The molecule has 1 unspecified atom stereocenters. The Bertz CT molecular complexity index is 535. The second-order valence-corrected chi connectivity index (χ2v) is 6.85. The van der Waals surface area contributed by atoms with Gasteiger partial charge in [-0.2, -0.15) is 0 Å². The Hall–Kier alpha value is -0.280. The lowest BCUT2D eigenvalue weighted by molar-refractivity contribution is 0.0888. The van der Waals surface area contributed by atoms with Gasteiger partial charge in [0.1, 0.15) is 0 Å². The van der Waals surface area contributed by atoms with Crippen LogP contribution in [0, 0.1) is 5.92 Å². The number of ether oxygens (including phenoxy) is 2. The van der Waals surface area contributed by atoms with E-state index in [9.17, 15) is 0 Å². The highest BCUT2D eigenvalue weighted by atomic mass is 127. The molecule has 5 nitrogen and oxygen atoms in total. The van der Waals surface area contributed by atoms with Gasteiger partial charge in [0, 0.05) is 49.3 Å². The minimum Gasteiger partial charge on any atom is -0.381 e. The van der Waals surface area contributed by atoms with E-state index in [1.54, 1.807) is 7.05 Å². The number of rotatable bonds is 9. The molecular formula is C18H28Cl2IN3O2. The highest BCUT2D eigenvalue weighted by Gasteiger charge is 2.15. The van der Waals surface area contributed by atoms with E-state index in [1.165, 1.54) is 0 Å². The summed E-state index contributed by atoms with van der Waals surface area (Å²) in [6.45, 7) is 4.78. The molecule has 0 saturated carbocycles. The van der Waals surface area contributed by atoms with Crippen LogP contribution < -0.4 is 10.6 Å². The van der Waals surface area contributed by atoms with Gasteiger partial charge in [0.2, 0.25) is 0 Å². The SMILES string of the molecule is CN=C(NCCCOCC1CCOC1)NCCc1c(Cl)cccc1Cl.I. The number of hydrogen-bond acceptors (Lipinski definition) is 3. The zero-order valence-electron chi connectivity index (χ0n) is 15.1. The van der Waals surface area contributed by atoms with Gasteiger partial charge in [0.15, 0.2) is 5.96 Å². The van der Waals surface area contributed by atoms with Gasteiger partial charge in [-0.1, -0.05) is 29.3 Å². The molecule has 26 heavy (non-hydrogen) atoms. The largest absolute Gasteiger partial charge is 0.381 e. The molecular weight excluding hydrogens is 488 g/mol. The molecule has 2 rings (SSSR count). The third-order valence-electron chi connectivity index (χ3n) is 4.09. The van der Waals surface area contributed by atoms with Gasteiger partial charge >= 0.3 is 0 Å². The first kappa shape index (κ1) is 23.8. The van der Waals surface area contributed by atoms with Crippen molar-refractivity contribution in [1.29, 1.82) is 0 Å². The van der Waals surface area contributed by atoms with Crippen molar-refractivity contribution in [3.8, 4) is 0 Å². The maximum Gasteiger partial charge on any atom is 0.190 e. The minimum absolute atomic E-state index is 0. The van der Waals surface area contributed by atoms with Gasteiger partial charge in [0.25, 0.3) is 0 Å². The lowest BCUT2D eigenvalue weighted by Gasteiger charge is -2.13. The van der Waals surface area contributed by atoms with Gasteiger partial charge in [0.05, 0.1) is 13.2 Å². The average molecular weight is 516 g/mol. The van der Waals surface area contributed by atoms with E-state index >= 15 is 0 Å². The summed E-state index contributed by atoms with van der Waals surface area (Å²) >= 11 is 12.4. The Labute approximate surface area is 183 Å². The Kier molecular flexibility index (Phi) is 12.6. The van der Waals surface area contributed by atoms with Crippen molar-refractivity contribution < 1.29 is 9.47 Å². The third-order valence-corrected chi connectivity index (χ3v) is 4.80. The summed E-state index contributed by atoms with van der Waals surface area (Å²) in [6, 6.07) is 5.56. The molecule has 1 saturated heterocycles. The molecule has 0 amide bonds. The van der Waals surface area contributed by atoms with Crippen molar-refractivity contribution in [3.05, 3.63) is 33.8 Å². The summed E-state index contributed by atoms with van der Waals surface area (Å²) in [6.07, 6.45) is 2.79. The minimum atomic E-state index is 0. The Morgan fingerprint density at radius 3 is 2.65 bits per heavy atom. The van der Waals surface area contributed by atoms with Crippen LogP contribution in [0.15, 0.2) is 23.2 Å². The molecule has 148 valence electrons. The van der Waals surface area contributed by atoms with Gasteiger partial charge in [-0.05, 0) is 37.0 Å². The van der Waals surface area contributed by atoms with Crippen LogP contribution in [0.5, 0.6) is 0 Å². The number of aliphatic imine (C=N–C) groups is 1. The Morgan fingerprint density at radius 1 is 1.27 bits per heavy atom. The Morgan fingerprint density at radius 2 is 2.00 bits per heavy atom. The summed E-state index contributed by atoms with van der Waals surface area (Å²) in [7, 11) is 1.76. The molecule has 0 aliphatic carbocycles. The molecule has 1 fully saturated rings. The third kappa shape index (κ3) is 8.61. The van der Waals surface area contributed by atoms with E-state index in [4.69, 9.17) is 32.7 Å².